The fourth-order valence-electron chi connectivity index (χ4n) is 2.43. The highest BCUT2D eigenvalue weighted by atomic mass is 32.1. The number of aryl methyl sites for hydroxylation is 3. The first-order valence-electron chi connectivity index (χ1n) is 6.95. The van der Waals surface area contributed by atoms with Crippen LogP contribution < -0.4 is 5.32 Å². The normalized spacial score (nSPS) is 12.8. The quantitative estimate of drug-likeness (QED) is 0.877. The predicted octanol–water partition coefficient (Wildman–Crippen LogP) is 3.34. The van der Waals surface area contributed by atoms with E-state index >= 15 is 0 Å². The standard InChI is InChI=1S/C15H23N3S/c1-5-12-7-13(18(6-2)17-12)8-15(16-4)14-10-19-9-11(14)3/h7,9-10,15-16H,5-6,8H2,1-4H3. The minimum Gasteiger partial charge on any atom is -0.313 e. The van der Waals surface area contributed by atoms with Crippen LogP contribution in [0.15, 0.2) is 16.8 Å². The van der Waals surface area contributed by atoms with Gasteiger partial charge in [-0.15, -0.1) is 0 Å². The molecule has 0 amide bonds. The van der Waals surface area contributed by atoms with E-state index in [0.717, 1.165) is 19.4 Å². The second kappa shape index (κ2) is 6.35. The number of hydrogen-bond donors (Lipinski definition) is 1. The zero-order chi connectivity index (χ0) is 13.8. The van der Waals surface area contributed by atoms with Gasteiger partial charge in [0.05, 0.1) is 5.69 Å². The van der Waals surface area contributed by atoms with Crippen molar-refractivity contribution in [3.05, 3.63) is 39.3 Å². The lowest BCUT2D eigenvalue weighted by Crippen LogP contribution is -2.20. The summed E-state index contributed by atoms with van der Waals surface area (Å²) in [6.07, 6.45) is 2.00. The number of thiophene rings is 1. The minimum atomic E-state index is 0.373. The maximum Gasteiger partial charge on any atom is 0.0624 e. The summed E-state index contributed by atoms with van der Waals surface area (Å²) in [5.74, 6) is 0. The zero-order valence-corrected chi connectivity index (χ0v) is 13.0. The zero-order valence-electron chi connectivity index (χ0n) is 12.2. The lowest BCUT2D eigenvalue weighted by Gasteiger charge is -2.17. The van der Waals surface area contributed by atoms with Crippen molar-refractivity contribution in [1.29, 1.82) is 0 Å². The van der Waals surface area contributed by atoms with E-state index in [2.05, 4.69) is 52.7 Å². The summed E-state index contributed by atoms with van der Waals surface area (Å²) in [6.45, 7) is 7.43. The Labute approximate surface area is 119 Å². The van der Waals surface area contributed by atoms with Crippen LogP contribution in [-0.4, -0.2) is 16.8 Å². The van der Waals surface area contributed by atoms with Crippen molar-refractivity contribution in [3.8, 4) is 0 Å². The van der Waals surface area contributed by atoms with Gasteiger partial charge in [0.15, 0.2) is 0 Å². The van der Waals surface area contributed by atoms with Crippen molar-refractivity contribution in [1.82, 2.24) is 15.1 Å². The van der Waals surface area contributed by atoms with Gasteiger partial charge in [-0.2, -0.15) is 16.4 Å². The third-order valence-corrected chi connectivity index (χ3v) is 4.49. The summed E-state index contributed by atoms with van der Waals surface area (Å²) in [4.78, 5) is 0. The Morgan fingerprint density at radius 3 is 2.68 bits per heavy atom. The summed E-state index contributed by atoms with van der Waals surface area (Å²) < 4.78 is 2.13. The Morgan fingerprint density at radius 1 is 1.37 bits per heavy atom. The highest BCUT2D eigenvalue weighted by Gasteiger charge is 2.16. The topological polar surface area (TPSA) is 29.9 Å². The van der Waals surface area contributed by atoms with Gasteiger partial charge in [-0.25, -0.2) is 0 Å². The van der Waals surface area contributed by atoms with Crippen molar-refractivity contribution in [2.45, 2.75) is 46.2 Å². The fraction of sp³-hybridized carbons (Fsp3) is 0.533. The van der Waals surface area contributed by atoms with Gasteiger partial charge < -0.3 is 5.32 Å². The van der Waals surface area contributed by atoms with Gasteiger partial charge in [-0.05, 0) is 55.3 Å². The monoisotopic (exact) mass is 277 g/mol. The molecule has 1 unspecified atom stereocenters. The Bertz CT molecular complexity index is 527. The van der Waals surface area contributed by atoms with E-state index in [1.165, 1.54) is 22.5 Å². The average Bonchev–Trinajstić information content (AvgIpc) is 3.01. The highest BCUT2D eigenvalue weighted by molar-refractivity contribution is 7.08. The first kappa shape index (κ1) is 14.3. The number of rotatable bonds is 6. The molecule has 0 fully saturated rings. The second-order valence-electron chi connectivity index (χ2n) is 4.85. The molecule has 104 valence electrons. The molecule has 0 aliphatic rings. The molecule has 0 spiro atoms. The Morgan fingerprint density at radius 2 is 2.16 bits per heavy atom. The van der Waals surface area contributed by atoms with E-state index in [9.17, 15) is 0 Å². The maximum absolute atomic E-state index is 4.63. The maximum atomic E-state index is 4.63. The van der Waals surface area contributed by atoms with Crippen LogP contribution in [0.25, 0.3) is 0 Å². The molecule has 0 saturated heterocycles. The molecule has 0 bridgehead atoms. The van der Waals surface area contributed by atoms with Crippen LogP contribution in [0.1, 0.15) is 42.4 Å². The molecule has 2 heterocycles. The van der Waals surface area contributed by atoms with Gasteiger partial charge in [0.2, 0.25) is 0 Å². The third-order valence-electron chi connectivity index (χ3n) is 3.61. The van der Waals surface area contributed by atoms with E-state index in [4.69, 9.17) is 0 Å². The molecular weight excluding hydrogens is 254 g/mol. The van der Waals surface area contributed by atoms with Crippen LogP contribution in [0.4, 0.5) is 0 Å². The molecule has 0 saturated carbocycles. The van der Waals surface area contributed by atoms with Crippen LogP contribution in [-0.2, 0) is 19.4 Å². The van der Waals surface area contributed by atoms with Crippen LogP contribution >= 0.6 is 11.3 Å². The first-order chi connectivity index (χ1) is 9.19. The highest BCUT2D eigenvalue weighted by Crippen LogP contribution is 2.25. The third kappa shape index (κ3) is 3.07. The lowest BCUT2D eigenvalue weighted by atomic mass is 10.0. The van der Waals surface area contributed by atoms with Crippen molar-refractivity contribution in [2.24, 2.45) is 0 Å². The molecule has 4 heteroatoms. The second-order valence-corrected chi connectivity index (χ2v) is 5.60. The van der Waals surface area contributed by atoms with E-state index in [1.807, 2.05) is 7.05 Å². The van der Waals surface area contributed by atoms with E-state index in [1.54, 1.807) is 11.3 Å². The van der Waals surface area contributed by atoms with Crippen molar-refractivity contribution in [2.75, 3.05) is 7.05 Å². The van der Waals surface area contributed by atoms with Crippen molar-refractivity contribution >= 4 is 11.3 Å². The fourth-order valence-corrected chi connectivity index (χ4v) is 3.33. The van der Waals surface area contributed by atoms with Crippen molar-refractivity contribution < 1.29 is 0 Å². The summed E-state index contributed by atoms with van der Waals surface area (Å²) in [5, 5.41) is 12.5. The number of aromatic nitrogens is 2. The summed E-state index contributed by atoms with van der Waals surface area (Å²) in [6, 6.07) is 2.62. The van der Waals surface area contributed by atoms with Crippen LogP contribution in [0.2, 0.25) is 0 Å². The Balaban J connectivity index is 2.23. The molecule has 2 aromatic heterocycles. The molecule has 0 aliphatic carbocycles. The molecule has 1 atom stereocenters. The Hall–Kier alpha value is -1.13. The summed E-state index contributed by atoms with van der Waals surface area (Å²) >= 11 is 1.78. The molecule has 2 rings (SSSR count). The van der Waals surface area contributed by atoms with Gasteiger partial charge >= 0.3 is 0 Å². The number of nitrogens with one attached hydrogen (secondary N) is 1. The van der Waals surface area contributed by atoms with Gasteiger partial charge in [0.25, 0.3) is 0 Å². The van der Waals surface area contributed by atoms with E-state index in [-0.39, 0.29) is 0 Å². The van der Waals surface area contributed by atoms with Gasteiger partial charge in [-0.1, -0.05) is 6.92 Å². The smallest absolute Gasteiger partial charge is 0.0624 e. The molecule has 0 aliphatic heterocycles. The van der Waals surface area contributed by atoms with E-state index in [0.29, 0.717) is 6.04 Å². The number of nitrogens with zero attached hydrogens (tertiary/aromatic N) is 2. The SMILES string of the molecule is CCc1cc(CC(NC)c2cscc2C)n(CC)n1. The average molecular weight is 277 g/mol. The molecule has 19 heavy (non-hydrogen) atoms. The molecule has 0 aromatic carbocycles. The van der Waals surface area contributed by atoms with E-state index < -0.39 is 0 Å². The minimum absolute atomic E-state index is 0.373. The lowest BCUT2D eigenvalue weighted by molar-refractivity contribution is 0.540. The predicted molar refractivity (Wildman–Crippen MR) is 81.8 cm³/mol. The first-order valence-corrected chi connectivity index (χ1v) is 7.89. The van der Waals surface area contributed by atoms with Crippen LogP contribution in [0, 0.1) is 6.92 Å². The van der Waals surface area contributed by atoms with Gasteiger partial charge in [-0.3, -0.25) is 4.68 Å². The summed E-state index contributed by atoms with van der Waals surface area (Å²) in [7, 11) is 2.04. The molecule has 2 aromatic rings. The largest absolute Gasteiger partial charge is 0.313 e. The van der Waals surface area contributed by atoms with Gasteiger partial charge in [0.1, 0.15) is 0 Å². The van der Waals surface area contributed by atoms with Gasteiger partial charge in [0, 0.05) is 24.7 Å². The Kier molecular flexibility index (Phi) is 4.77. The van der Waals surface area contributed by atoms with Crippen molar-refractivity contribution in [3.63, 3.8) is 0 Å². The molecule has 1 N–H and O–H groups in total. The molecule has 3 nitrogen and oxygen atoms in total. The molecular formula is C15H23N3S. The number of likely N-dealkylation sites (N-methyl/N-ethyl adjacent to an activating group) is 1. The number of hydrogen-bond acceptors (Lipinski definition) is 3. The van der Waals surface area contributed by atoms with Crippen LogP contribution in [0.3, 0.4) is 0 Å². The summed E-state index contributed by atoms with van der Waals surface area (Å²) in [5.41, 5.74) is 5.30. The molecule has 0 radical (unpaired) electrons. The van der Waals surface area contributed by atoms with Crippen LogP contribution in [0.5, 0.6) is 0 Å².